The van der Waals surface area contributed by atoms with Crippen LogP contribution in [0.5, 0.6) is 0 Å². The molecule has 124 valence electrons. The Bertz CT molecular complexity index is 790. The summed E-state index contributed by atoms with van der Waals surface area (Å²) in [6.07, 6.45) is 0.995. The summed E-state index contributed by atoms with van der Waals surface area (Å²) in [6.45, 7) is 2.05. The van der Waals surface area contributed by atoms with E-state index in [1.54, 1.807) is 30.3 Å². The number of nitrogens with zero attached hydrogens (tertiary/aromatic N) is 1. The predicted octanol–water partition coefficient (Wildman–Crippen LogP) is 4.30. The van der Waals surface area contributed by atoms with E-state index in [4.69, 9.17) is 23.2 Å². The maximum Gasteiger partial charge on any atom is 0.256 e. The molecule has 1 heterocycles. The van der Waals surface area contributed by atoms with Crippen LogP contribution >= 0.6 is 23.2 Å². The van der Waals surface area contributed by atoms with Crippen LogP contribution in [0.15, 0.2) is 42.5 Å². The molecule has 2 aromatic rings. The molecule has 0 unspecified atom stereocenters. The van der Waals surface area contributed by atoms with Gasteiger partial charge in [0.2, 0.25) is 5.91 Å². The number of hydrogen-bond acceptors (Lipinski definition) is 3. The second kappa shape index (κ2) is 6.83. The molecule has 1 atom stereocenters. The Morgan fingerprint density at radius 1 is 1.12 bits per heavy atom. The minimum Gasteiger partial charge on any atom is -0.372 e. The average molecular weight is 363 g/mol. The highest BCUT2D eigenvalue weighted by atomic mass is 35.5. The highest BCUT2D eigenvalue weighted by Gasteiger charge is 2.39. The number of imide groups is 1. The van der Waals surface area contributed by atoms with Gasteiger partial charge in [0.15, 0.2) is 0 Å². The Labute approximate surface area is 150 Å². The lowest BCUT2D eigenvalue weighted by Gasteiger charge is -2.17. The van der Waals surface area contributed by atoms with Crippen LogP contribution in [0.2, 0.25) is 10.0 Å². The van der Waals surface area contributed by atoms with E-state index in [9.17, 15) is 9.59 Å². The highest BCUT2D eigenvalue weighted by Crippen LogP contribution is 2.29. The molecule has 0 radical (unpaired) electrons. The topological polar surface area (TPSA) is 49.4 Å². The lowest BCUT2D eigenvalue weighted by Crippen LogP contribution is -2.34. The summed E-state index contributed by atoms with van der Waals surface area (Å²) in [7, 11) is 0. The lowest BCUT2D eigenvalue weighted by atomic mass is 10.1. The van der Waals surface area contributed by atoms with Gasteiger partial charge in [-0.2, -0.15) is 0 Å². The van der Waals surface area contributed by atoms with Crippen molar-refractivity contribution in [2.24, 2.45) is 0 Å². The van der Waals surface area contributed by atoms with Crippen LogP contribution in [0.1, 0.15) is 18.9 Å². The average Bonchev–Trinajstić information content (AvgIpc) is 2.84. The van der Waals surface area contributed by atoms with Gasteiger partial charge in [-0.3, -0.25) is 9.59 Å². The first-order valence-electron chi connectivity index (χ1n) is 7.67. The standard InChI is InChI=1S/C18H16Cl2N2O2/c1-2-11-3-6-13(7-4-11)22-17(23)10-16(18(22)24)21-15-8-5-12(19)9-14(15)20/h3-9,16,21H,2,10H2,1H3/t16-/m0/s1. The van der Waals surface area contributed by atoms with Gasteiger partial charge in [0.25, 0.3) is 5.91 Å². The molecule has 6 heteroatoms. The van der Waals surface area contributed by atoms with Crippen LogP contribution in [-0.2, 0) is 16.0 Å². The van der Waals surface area contributed by atoms with Crippen molar-refractivity contribution in [1.82, 2.24) is 0 Å². The smallest absolute Gasteiger partial charge is 0.256 e. The van der Waals surface area contributed by atoms with Gasteiger partial charge in [-0.1, -0.05) is 42.3 Å². The number of carbonyl (C=O) groups is 2. The third-order valence-electron chi connectivity index (χ3n) is 4.01. The zero-order valence-corrected chi connectivity index (χ0v) is 14.6. The predicted molar refractivity (Wildman–Crippen MR) is 96.8 cm³/mol. The minimum atomic E-state index is -0.637. The zero-order valence-electron chi connectivity index (χ0n) is 13.1. The van der Waals surface area contributed by atoms with Crippen molar-refractivity contribution >= 4 is 46.4 Å². The number of benzene rings is 2. The van der Waals surface area contributed by atoms with Gasteiger partial charge in [0.1, 0.15) is 6.04 Å². The Morgan fingerprint density at radius 3 is 2.46 bits per heavy atom. The van der Waals surface area contributed by atoms with Crippen molar-refractivity contribution in [1.29, 1.82) is 0 Å². The quantitative estimate of drug-likeness (QED) is 0.824. The number of hydrogen-bond donors (Lipinski definition) is 1. The molecular formula is C18H16Cl2N2O2. The second-order valence-corrected chi connectivity index (χ2v) is 6.46. The lowest BCUT2D eigenvalue weighted by molar-refractivity contribution is -0.121. The maximum atomic E-state index is 12.6. The normalized spacial score (nSPS) is 17.5. The molecule has 1 N–H and O–H groups in total. The molecule has 1 aliphatic heterocycles. The highest BCUT2D eigenvalue weighted by molar-refractivity contribution is 6.36. The summed E-state index contributed by atoms with van der Waals surface area (Å²) >= 11 is 12.0. The number of amides is 2. The molecule has 0 spiro atoms. The fourth-order valence-electron chi connectivity index (χ4n) is 2.69. The van der Waals surface area contributed by atoms with Gasteiger partial charge in [0.05, 0.1) is 22.8 Å². The van der Waals surface area contributed by atoms with E-state index < -0.39 is 6.04 Å². The summed E-state index contributed by atoms with van der Waals surface area (Å²) in [5.74, 6) is -0.512. The third-order valence-corrected chi connectivity index (χ3v) is 4.56. The maximum absolute atomic E-state index is 12.6. The first kappa shape index (κ1) is 16.8. The fraction of sp³-hybridized carbons (Fsp3) is 0.222. The third kappa shape index (κ3) is 3.25. The molecule has 1 aliphatic rings. The minimum absolute atomic E-state index is 0.0906. The van der Waals surface area contributed by atoms with Gasteiger partial charge in [0, 0.05) is 5.02 Å². The van der Waals surface area contributed by atoms with E-state index >= 15 is 0 Å². The molecule has 0 aromatic heterocycles. The van der Waals surface area contributed by atoms with Crippen molar-refractivity contribution in [3.8, 4) is 0 Å². The molecule has 1 fully saturated rings. The summed E-state index contributed by atoms with van der Waals surface area (Å²) in [5, 5.41) is 3.96. The molecule has 2 aromatic carbocycles. The van der Waals surface area contributed by atoms with Gasteiger partial charge in [-0.05, 0) is 42.3 Å². The molecule has 0 aliphatic carbocycles. The first-order valence-corrected chi connectivity index (χ1v) is 8.42. The molecule has 2 amide bonds. The Morgan fingerprint density at radius 2 is 1.83 bits per heavy atom. The van der Waals surface area contributed by atoms with Gasteiger partial charge < -0.3 is 5.32 Å². The monoisotopic (exact) mass is 362 g/mol. The van der Waals surface area contributed by atoms with Crippen LogP contribution in [-0.4, -0.2) is 17.9 Å². The number of carbonyl (C=O) groups excluding carboxylic acids is 2. The molecular weight excluding hydrogens is 347 g/mol. The van der Waals surface area contributed by atoms with E-state index in [1.165, 1.54) is 4.90 Å². The largest absolute Gasteiger partial charge is 0.372 e. The summed E-state index contributed by atoms with van der Waals surface area (Å²) < 4.78 is 0. The SMILES string of the molecule is CCc1ccc(N2C(=O)C[C@H](Nc3ccc(Cl)cc3Cl)C2=O)cc1. The number of rotatable bonds is 4. The summed E-state index contributed by atoms with van der Waals surface area (Å²) in [4.78, 5) is 26.1. The van der Waals surface area contributed by atoms with Crippen LogP contribution in [0.3, 0.4) is 0 Å². The number of nitrogens with one attached hydrogen (secondary N) is 1. The Balaban J connectivity index is 1.80. The van der Waals surface area contributed by atoms with Crippen molar-refractivity contribution < 1.29 is 9.59 Å². The van der Waals surface area contributed by atoms with Gasteiger partial charge >= 0.3 is 0 Å². The van der Waals surface area contributed by atoms with Crippen molar-refractivity contribution in [2.45, 2.75) is 25.8 Å². The molecule has 3 rings (SSSR count). The molecule has 24 heavy (non-hydrogen) atoms. The van der Waals surface area contributed by atoms with Crippen LogP contribution in [0.4, 0.5) is 11.4 Å². The number of halogens is 2. The molecule has 0 saturated carbocycles. The van der Waals surface area contributed by atoms with Crippen LogP contribution in [0, 0.1) is 0 Å². The summed E-state index contributed by atoms with van der Waals surface area (Å²) in [6, 6.07) is 11.8. The Hall–Kier alpha value is -2.04. The van der Waals surface area contributed by atoms with E-state index in [2.05, 4.69) is 12.2 Å². The molecule has 1 saturated heterocycles. The van der Waals surface area contributed by atoms with Crippen LogP contribution in [0.25, 0.3) is 0 Å². The summed E-state index contributed by atoms with van der Waals surface area (Å²) in [5.41, 5.74) is 2.32. The van der Waals surface area contributed by atoms with E-state index in [1.807, 2.05) is 12.1 Å². The fourth-order valence-corrected chi connectivity index (χ4v) is 3.15. The zero-order chi connectivity index (χ0) is 17.3. The molecule has 0 bridgehead atoms. The Kier molecular flexibility index (Phi) is 4.78. The van der Waals surface area contributed by atoms with E-state index in [0.29, 0.717) is 21.4 Å². The van der Waals surface area contributed by atoms with Gasteiger partial charge in [-0.25, -0.2) is 4.90 Å². The van der Waals surface area contributed by atoms with E-state index in [-0.39, 0.29) is 18.2 Å². The molecule has 4 nitrogen and oxygen atoms in total. The van der Waals surface area contributed by atoms with Gasteiger partial charge in [-0.15, -0.1) is 0 Å². The van der Waals surface area contributed by atoms with Crippen molar-refractivity contribution in [3.05, 3.63) is 58.1 Å². The second-order valence-electron chi connectivity index (χ2n) is 5.61. The van der Waals surface area contributed by atoms with Crippen molar-refractivity contribution in [3.63, 3.8) is 0 Å². The van der Waals surface area contributed by atoms with E-state index in [0.717, 1.165) is 12.0 Å². The van der Waals surface area contributed by atoms with Crippen LogP contribution < -0.4 is 10.2 Å². The first-order chi connectivity index (χ1) is 11.5. The number of aryl methyl sites for hydroxylation is 1. The van der Waals surface area contributed by atoms with Crippen molar-refractivity contribution in [2.75, 3.05) is 10.2 Å². The number of anilines is 2.